The normalized spacial score (nSPS) is 46.7. The molecule has 0 amide bonds. The predicted molar refractivity (Wildman–Crippen MR) is 69.2 cm³/mol. The molecule has 0 atom stereocenters. The van der Waals surface area contributed by atoms with Crippen molar-refractivity contribution in [3.63, 3.8) is 0 Å². The minimum Gasteiger partial charge on any atom is -0.0623 e. The zero-order valence-corrected chi connectivity index (χ0v) is 11.5. The van der Waals surface area contributed by atoms with Gasteiger partial charge < -0.3 is 0 Å². The molecule has 0 aromatic rings. The SMILES string of the molecule is CC(C)C(C)(C)C1C2CC3CC(C2)CC1C3. The van der Waals surface area contributed by atoms with Gasteiger partial charge >= 0.3 is 0 Å². The van der Waals surface area contributed by atoms with E-state index >= 15 is 0 Å². The highest BCUT2D eigenvalue weighted by Crippen LogP contribution is 2.61. The lowest BCUT2D eigenvalue weighted by molar-refractivity contribution is -0.0997. The topological polar surface area (TPSA) is 0 Å². The summed E-state index contributed by atoms with van der Waals surface area (Å²) in [7, 11) is 0. The molecule has 0 aromatic heterocycles. The van der Waals surface area contributed by atoms with Gasteiger partial charge in [0.15, 0.2) is 0 Å². The molecule has 0 saturated heterocycles. The molecule has 0 N–H and O–H groups in total. The van der Waals surface area contributed by atoms with Crippen molar-refractivity contribution in [3.8, 4) is 0 Å². The molecule has 4 bridgehead atoms. The summed E-state index contributed by atoms with van der Waals surface area (Å²) in [5.41, 5.74) is 0.572. The summed E-state index contributed by atoms with van der Waals surface area (Å²) >= 11 is 0. The quantitative estimate of drug-likeness (QED) is 0.630. The summed E-state index contributed by atoms with van der Waals surface area (Å²) in [6.07, 6.45) is 7.89. The van der Waals surface area contributed by atoms with Gasteiger partial charge in [0.1, 0.15) is 0 Å². The third-order valence-corrected chi connectivity index (χ3v) is 6.57. The average molecular weight is 220 g/mol. The van der Waals surface area contributed by atoms with Crippen LogP contribution in [0.15, 0.2) is 0 Å². The molecule has 16 heavy (non-hydrogen) atoms. The Balaban J connectivity index is 1.86. The van der Waals surface area contributed by atoms with Gasteiger partial charge in [0.25, 0.3) is 0 Å². The molecule has 4 saturated carbocycles. The Bertz CT molecular complexity index is 246. The van der Waals surface area contributed by atoms with Crippen LogP contribution >= 0.6 is 0 Å². The molecule has 0 unspecified atom stereocenters. The van der Waals surface area contributed by atoms with E-state index in [2.05, 4.69) is 27.7 Å². The fraction of sp³-hybridized carbons (Fsp3) is 1.00. The van der Waals surface area contributed by atoms with Gasteiger partial charge in [0, 0.05) is 0 Å². The maximum absolute atomic E-state index is 2.55. The van der Waals surface area contributed by atoms with Gasteiger partial charge in [0.2, 0.25) is 0 Å². The van der Waals surface area contributed by atoms with Gasteiger partial charge in [-0.1, -0.05) is 27.7 Å². The lowest BCUT2D eigenvalue weighted by Gasteiger charge is -2.59. The highest BCUT2D eigenvalue weighted by atomic mass is 14.6. The van der Waals surface area contributed by atoms with Gasteiger partial charge in [-0.15, -0.1) is 0 Å². The summed E-state index contributed by atoms with van der Waals surface area (Å²) in [6.45, 7) is 9.96. The Morgan fingerprint density at radius 2 is 1.25 bits per heavy atom. The summed E-state index contributed by atoms with van der Waals surface area (Å²) in [5, 5.41) is 0. The molecule has 0 heterocycles. The van der Waals surface area contributed by atoms with Gasteiger partial charge in [-0.25, -0.2) is 0 Å². The Kier molecular flexibility index (Phi) is 2.43. The van der Waals surface area contributed by atoms with Gasteiger partial charge in [0.05, 0.1) is 0 Å². The minimum absolute atomic E-state index is 0.572. The second kappa shape index (κ2) is 3.50. The second-order valence-electron chi connectivity index (χ2n) is 7.93. The fourth-order valence-corrected chi connectivity index (χ4v) is 5.53. The lowest BCUT2D eigenvalue weighted by atomic mass is 9.46. The van der Waals surface area contributed by atoms with E-state index in [0.717, 1.165) is 35.5 Å². The van der Waals surface area contributed by atoms with Gasteiger partial charge in [-0.3, -0.25) is 0 Å². The molecular weight excluding hydrogens is 192 g/mol. The first-order valence-corrected chi connectivity index (χ1v) is 7.48. The Morgan fingerprint density at radius 3 is 1.62 bits per heavy atom. The molecular formula is C16H28. The fourth-order valence-electron chi connectivity index (χ4n) is 5.53. The van der Waals surface area contributed by atoms with Crippen molar-refractivity contribution < 1.29 is 0 Å². The molecule has 0 aromatic carbocycles. The molecule has 0 heteroatoms. The third kappa shape index (κ3) is 1.48. The lowest BCUT2D eigenvalue weighted by Crippen LogP contribution is -2.51. The number of hydrogen-bond acceptors (Lipinski definition) is 0. The van der Waals surface area contributed by atoms with Gasteiger partial charge in [-0.05, 0) is 73.0 Å². The van der Waals surface area contributed by atoms with Crippen LogP contribution in [0.1, 0.15) is 59.8 Å². The Hall–Kier alpha value is 0. The van der Waals surface area contributed by atoms with Crippen molar-refractivity contribution in [1.82, 2.24) is 0 Å². The van der Waals surface area contributed by atoms with E-state index in [4.69, 9.17) is 0 Å². The first-order valence-electron chi connectivity index (χ1n) is 7.48. The largest absolute Gasteiger partial charge is 0.0623 e. The first-order chi connectivity index (χ1) is 7.48. The molecule has 0 spiro atoms. The molecule has 0 radical (unpaired) electrons. The molecule has 4 fully saturated rings. The summed E-state index contributed by atoms with van der Waals surface area (Å²) < 4.78 is 0. The maximum Gasteiger partial charge on any atom is -0.0298 e. The smallest absolute Gasteiger partial charge is 0.0298 e. The maximum atomic E-state index is 2.55. The number of hydrogen-bond donors (Lipinski definition) is 0. The zero-order valence-electron chi connectivity index (χ0n) is 11.5. The van der Waals surface area contributed by atoms with Crippen LogP contribution in [0.4, 0.5) is 0 Å². The van der Waals surface area contributed by atoms with Crippen LogP contribution in [-0.2, 0) is 0 Å². The van der Waals surface area contributed by atoms with E-state index in [0.29, 0.717) is 5.41 Å². The van der Waals surface area contributed by atoms with Crippen molar-refractivity contribution in [2.75, 3.05) is 0 Å². The van der Waals surface area contributed by atoms with Crippen molar-refractivity contribution >= 4 is 0 Å². The minimum atomic E-state index is 0.572. The molecule has 4 aliphatic carbocycles. The third-order valence-electron chi connectivity index (χ3n) is 6.57. The van der Waals surface area contributed by atoms with E-state index in [1.807, 2.05) is 0 Å². The van der Waals surface area contributed by atoms with Crippen molar-refractivity contribution in [2.45, 2.75) is 59.8 Å². The van der Waals surface area contributed by atoms with Crippen LogP contribution in [0.5, 0.6) is 0 Å². The van der Waals surface area contributed by atoms with Crippen molar-refractivity contribution in [2.24, 2.45) is 40.9 Å². The van der Waals surface area contributed by atoms with Crippen molar-refractivity contribution in [3.05, 3.63) is 0 Å². The summed E-state index contributed by atoms with van der Waals surface area (Å²) in [4.78, 5) is 0. The molecule has 4 aliphatic rings. The van der Waals surface area contributed by atoms with E-state index in [1.54, 1.807) is 32.1 Å². The predicted octanol–water partition coefficient (Wildman–Crippen LogP) is 4.74. The monoisotopic (exact) mass is 220 g/mol. The molecule has 4 rings (SSSR count). The zero-order chi connectivity index (χ0) is 11.5. The van der Waals surface area contributed by atoms with Crippen LogP contribution in [-0.4, -0.2) is 0 Å². The van der Waals surface area contributed by atoms with E-state index in [1.165, 1.54) is 0 Å². The first kappa shape index (κ1) is 11.1. The van der Waals surface area contributed by atoms with Crippen LogP contribution in [0, 0.1) is 40.9 Å². The van der Waals surface area contributed by atoms with E-state index in [-0.39, 0.29) is 0 Å². The molecule has 92 valence electrons. The average Bonchev–Trinajstić information content (AvgIpc) is 2.14. The summed E-state index contributed by atoms with van der Waals surface area (Å²) in [5.74, 6) is 6.32. The van der Waals surface area contributed by atoms with Gasteiger partial charge in [-0.2, -0.15) is 0 Å². The van der Waals surface area contributed by atoms with Crippen LogP contribution in [0.3, 0.4) is 0 Å². The highest BCUT2D eigenvalue weighted by Gasteiger charge is 2.53. The Morgan fingerprint density at radius 1 is 0.812 bits per heavy atom. The number of rotatable bonds is 2. The van der Waals surface area contributed by atoms with Crippen LogP contribution < -0.4 is 0 Å². The van der Waals surface area contributed by atoms with E-state index < -0.39 is 0 Å². The Labute approximate surface area is 101 Å². The van der Waals surface area contributed by atoms with E-state index in [9.17, 15) is 0 Å². The molecule has 0 aliphatic heterocycles. The van der Waals surface area contributed by atoms with Crippen LogP contribution in [0.2, 0.25) is 0 Å². The second-order valence-corrected chi connectivity index (χ2v) is 7.93. The van der Waals surface area contributed by atoms with Crippen LogP contribution in [0.25, 0.3) is 0 Å². The highest BCUT2D eigenvalue weighted by molar-refractivity contribution is 5.02. The summed E-state index contributed by atoms with van der Waals surface area (Å²) in [6, 6.07) is 0. The molecule has 0 nitrogen and oxygen atoms in total. The standard InChI is InChI=1S/C16H28/c1-10(2)16(3,4)15-13-6-11-5-12(8-13)9-14(15)7-11/h10-15H,5-9H2,1-4H3. The van der Waals surface area contributed by atoms with Crippen molar-refractivity contribution in [1.29, 1.82) is 0 Å².